The van der Waals surface area contributed by atoms with Gasteiger partial charge in [0.25, 0.3) is 0 Å². The molecule has 0 radical (unpaired) electrons. The second-order valence-electron chi connectivity index (χ2n) is 8.90. The number of benzene rings is 4. The summed E-state index contributed by atoms with van der Waals surface area (Å²) in [5.74, 6) is -0.929. The molecule has 0 amide bonds. The average molecular weight is 491 g/mol. The standard InChI is InChI=1S/C15H12N2O2.C15H14N2O/c1-10-5-6-14-13(7-10)16-9-17(14)12-4-2-3-11(8-12)15(18)19;1-11-5-6-15-14(7-11)16-10-17(15)13-4-2-3-12(8-13)9-18/h2-9H,1H3,(H,18,19);2-8,10,18H,9H2,1H3. The number of aromatic nitrogens is 4. The van der Waals surface area contributed by atoms with Crippen LogP contribution in [0.2, 0.25) is 0 Å². The van der Waals surface area contributed by atoms with E-state index in [9.17, 15) is 9.90 Å². The van der Waals surface area contributed by atoms with E-state index in [0.29, 0.717) is 0 Å². The quantitative estimate of drug-likeness (QED) is 0.323. The number of rotatable bonds is 4. The molecule has 0 aliphatic heterocycles. The Morgan fingerprint density at radius 1 is 0.730 bits per heavy atom. The van der Waals surface area contributed by atoms with Gasteiger partial charge in [-0.3, -0.25) is 9.13 Å². The number of nitrogens with zero attached hydrogens (tertiary/aromatic N) is 4. The lowest BCUT2D eigenvalue weighted by Crippen LogP contribution is -1.99. The van der Waals surface area contributed by atoms with Crippen LogP contribution in [0.25, 0.3) is 33.4 Å². The smallest absolute Gasteiger partial charge is 0.335 e. The number of aryl methyl sites for hydroxylation is 2. The van der Waals surface area contributed by atoms with Crippen LogP contribution in [-0.4, -0.2) is 35.3 Å². The fourth-order valence-electron chi connectivity index (χ4n) is 4.25. The largest absolute Gasteiger partial charge is 0.478 e. The van der Waals surface area contributed by atoms with Gasteiger partial charge in [0.15, 0.2) is 0 Å². The molecule has 0 unspecified atom stereocenters. The van der Waals surface area contributed by atoms with E-state index in [2.05, 4.69) is 35.1 Å². The molecule has 6 rings (SSSR count). The molecule has 2 N–H and O–H groups in total. The van der Waals surface area contributed by atoms with Crippen molar-refractivity contribution in [2.24, 2.45) is 0 Å². The van der Waals surface area contributed by atoms with Crippen molar-refractivity contribution >= 4 is 28.0 Å². The van der Waals surface area contributed by atoms with E-state index in [0.717, 1.165) is 44.6 Å². The minimum absolute atomic E-state index is 0.0551. The molecule has 0 spiro atoms. The topological polar surface area (TPSA) is 93.2 Å². The number of fused-ring (bicyclic) bond motifs is 2. The van der Waals surface area contributed by atoms with Gasteiger partial charge in [0.05, 0.1) is 34.2 Å². The first-order chi connectivity index (χ1) is 17.9. The second-order valence-corrected chi connectivity index (χ2v) is 8.90. The van der Waals surface area contributed by atoms with Gasteiger partial charge in [0, 0.05) is 11.4 Å². The molecule has 6 aromatic rings. The van der Waals surface area contributed by atoms with Crippen molar-refractivity contribution in [3.63, 3.8) is 0 Å². The molecule has 2 heterocycles. The maximum absolute atomic E-state index is 11.0. The maximum atomic E-state index is 11.0. The summed E-state index contributed by atoms with van der Waals surface area (Å²) >= 11 is 0. The molecule has 0 bridgehead atoms. The lowest BCUT2D eigenvalue weighted by Gasteiger charge is -2.06. The highest BCUT2D eigenvalue weighted by molar-refractivity contribution is 5.88. The molecule has 0 aliphatic carbocycles. The fourth-order valence-corrected chi connectivity index (χ4v) is 4.25. The summed E-state index contributed by atoms with van der Waals surface area (Å²) in [6, 6.07) is 26.9. The summed E-state index contributed by atoms with van der Waals surface area (Å²) in [6.07, 6.45) is 3.53. The zero-order valence-electron chi connectivity index (χ0n) is 20.5. The highest BCUT2D eigenvalue weighted by atomic mass is 16.4. The van der Waals surface area contributed by atoms with E-state index in [1.165, 1.54) is 5.56 Å². The number of carbonyl (C=O) groups is 1. The van der Waals surface area contributed by atoms with Gasteiger partial charge in [0.2, 0.25) is 0 Å². The molecule has 7 nitrogen and oxygen atoms in total. The average Bonchev–Trinajstić information content (AvgIpc) is 3.52. The SMILES string of the molecule is Cc1ccc2c(c1)ncn2-c1cccc(C(=O)O)c1.Cc1ccc2c(c1)ncn2-c1cccc(CO)c1. The summed E-state index contributed by atoms with van der Waals surface area (Å²) < 4.78 is 3.93. The molecular formula is C30H26N4O3. The lowest BCUT2D eigenvalue weighted by atomic mass is 10.2. The van der Waals surface area contributed by atoms with Crippen LogP contribution in [0.1, 0.15) is 27.0 Å². The van der Waals surface area contributed by atoms with Gasteiger partial charge in [-0.2, -0.15) is 0 Å². The van der Waals surface area contributed by atoms with Crippen LogP contribution >= 0.6 is 0 Å². The Kier molecular flexibility index (Phi) is 6.53. The number of imidazole rings is 2. The fraction of sp³-hybridized carbons (Fsp3) is 0.100. The van der Waals surface area contributed by atoms with Gasteiger partial charge < -0.3 is 10.2 Å². The summed E-state index contributed by atoms with van der Waals surface area (Å²) in [6.45, 7) is 4.13. The molecule has 0 aliphatic rings. The van der Waals surface area contributed by atoms with Gasteiger partial charge in [-0.05, 0) is 85.1 Å². The molecule has 0 atom stereocenters. The Labute approximate surface area is 213 Å². The highest BCUT2D eigenvalue weighted by Crippen LogP contribution is 2.21. The van der Waals surface area contributed by atoms with Crippen molar-refractivity contribution < 1.29 is 15.0 Å². The number of aromatic carboxylic acids is 1. The van der Waals surface area contributed by atoms with Crippen molar-refractivity contribution in [2.75, 3.05) is 0 Å². The number of hydrogen-bond acceptors (Lipinski definition) is 4. The van der Waals surface area contributed by atoms with Gasteiger partial charge in [-0.25, -0.2) is 14.8 Å². The van der Waals surface area contributed by atoms with Crippen molar-refractivity contribution in [1.82, 2.24) is 19.1 Å². The van der Waals surface area contributed by atoms with Crippen LogP contribution < -0.4 is 0 Å². The Hall–Kier alpha value is -4.75. The summed E-state index contributed by atoms with van der Waals surface area (Å²) in [4.78, 5) is 19.8. The minimum Gasteiger partial charge on any atom is -0.478 e. The van der Waals surface area contributed by atoms with Crippen LogP contribution in [0.15, 0.2) is 97.6 Å². The third kappa shape index (κ3) is 4.98. The third-order valence-electron chi connectivity index (χ3n) is 6.15. The molecule has 0 saturated carbocycles. The predicted octanol–water partition coefficient (Wildman–Crippen LogP) is 5.86. The number of carboxylic acid groups (broad SMARTS) is 1. The normalized spacial score (nSPS) is 10.9. The first-order valence-electron chi connectivity index (χ1n) is 11.8. The van der Waals surface area contributed by atoms with Gasteiger partial charge in [-0.1, -0.05) is 30.3 Å². The number of aliphatic hydroxyl groups excluding tert-OH is 1. The van der Waals surface area contributed by atoms with E-state index >= 15 is 0 Å². The Morgan fingerprint density at radius 2 is 1.27 bits per heavy atom. The Morgan fingerprint density at radius 3 is 1.81 bits per heavy atom. The van der Waals surface area contributed by atoms with E-state index in [1.54, 1.807) is 24.5 Å². The molecule has 184 valence electrons. The zero-order chi connectivity index (χ0) is 25.9. The maximum Gasteiger partial charge on any atom is 0.335 e. The van der Waals surface area contributed by atoms with Gasteiger partial charge >= 0.3 is 5.97 Å². The summed E-state index contributed by atoms with van der Waals surface area (Å²) in [5, 5.41) is 18.2. The molecule has 7 heteroatoms. The van der Waals surface area contributed by atoms with E-state index in [1.807, 2.05) is 70.9 Å². The van der Waals surface area contributed by atoms with Crippen molar-refractivity contribution in [2.45, 2.75) is 20.5 Å². The molecule has 4 aromatic carbocycles. The Balaban J connectivity index is 0.000000152. The first-order valence-corrected chi connectivity index (χ1v) is 11.8. The molecule has 0 fully saturated rings. The number of hydrogen-bond donors (Lipinski definition) is 2. The van der Waals surface area contributed by atoms with E-state index < -0.39 is 5.97 Å². The zero-order valence-corrected chi connectivity index (χ0v) is 20.5. The van der Waals surface area contributed by atoms with Gasteiger partial charge in [0.1, 0.15) is 12.7 Å². The highest BCUT2D eigenvalue weighted by Gasteiger charge is 2.08. The van der Waals surface area contributed by atoms with Crippen molar-refractivity contribution in [3.8, 4) is 11.4 Å². The molecule has 0 saturated heterocycles. The van der Waals surface area contributed by atoms with Gasteiger partial charge in [-0.15, -0.1) is 0 Å². The summed E-state index contributed by atoms with van der Waals surface area (Å²) in [5.41, 5.74) is 9.29. The van der Waals surface area contributed by atoms with Crippen LogP contribution in [-0.2, 0) is 6.61 Å². The third-order valence-corrected chi connectivity index (χ3v) is 6.15. The van der Waals surface area contributed by atoms with Crippen molar-refractivity contribution in [3.05, 3.63) is 120 Å². The molecule has 2 aromatic heterocycles. The van der Waals surface area contributed by atoms with E-state index in [-0.39, 0.29) is 12.2 Å². The van der Waals surface area contributed by atoms with E-state index in [4.69, 9.17) is 5.11 Å². The number of carboxylic acids is 1. The second kappa shape index (κ2) is 10.1. The van der Waals surface area contributed by atoms with Crippen LogP contribution in [0.5, 0.6) is 0 Å². The van der Waals surface area contributed by atoms with Crippen LogP contribution in [0.3, 0.4) is 0 Å². The molecular weight excluding hydrogens is 464 g/mol. The minimum atomic E-state index is -0.929. The lowest BCUT2D eigenvalue weighted by molar-refractivity contribution is 0.0697. The van der Waals surface area contributed by atoms with Crippen LogP contribution in [0.4, 0.5) is 0 Å². The molecule has 37 heavy (non-hydrogen) atoms. The predicted molar refractivity (Wildman–Crippen MR) is 144 cm³/mol. The van der Waals surface area contributed by atoms with Crippen molar-refractivity contribution in [1.29, 1.82) is 0 Å². The number of aliphatic hydroxyl groups is 1. The first kappa shape index (κ1) is 24.0. The Bertz CT molecular complexity index is 1730. The summed E-state index contributed by atoms with van der Waals surface area (Å²) in [7, 11) is 0. The monoisotopic (exact) mass is 490 g/mol. The van der Waals surface area contributed by atoms with Crippen LogP contribution in [0, 0.1) is 13.8 Å².